The van der Waals surface area contributed by atoms with Crippen LogP contribution in [0.15, 0.2) is 54.6 Å². The summed E-state index contributed by atoms with van der Waals surface area (Å²) in [6, 6.07) is 17.3. The molecular weight excluding hydrogens is 428 g/mol. The molecule has 9 heteroatoms. The van der Waals surface area contributed by atoms with Crippen LogP contribution in [0.2, 0.25) is 5.02 Å². The first-order valence-electron chi connectivity index (χ1n) is 9.26. The van der Waals surface area contributed by atoms with Gasteiger partial charge in [-0.15, -0.1) is 5.10 Å². The van der Waals surface area contributed by atoms with Gasteiger partial charge < -0.3 is 0 Å². The fourth-order valence-electron chi connectivity index (χ4n) is 3.55. The molecule has 1 atom stereocenters. The van der Waals surface area contributed by atoms with E-state index in [4.69, 9.17) is 28.9 Å². The zero-order chi connectivity index (χ0) is 20.6. The van der Waals surface area contributed by atoms with E-state index in [-0.39, 0.29) is 17.5 Å². The predicted octanol–water partition coefficient (Wildman–Crippen LogP) is 3.80. The SMILES string of the molecule is CN(Cn1nc(-c2ccc(Cl)cc2)n(-c2ccccc2)c1=S)C1CCS(=O)(=O)C1. The summed E-state index contributed by atoms with van der Waals surface area (Å²) in [5.41, 5.74) is 1.81. The molecule has 0 spiro atoms. The minimum atomic E-state index is -2.95. The zero-order valence-electron chi connectivity index (χ0n) is 15.9. The summed E-state index contributed by atoms with van der Waals surface area (Å²) in [7, 11) is -1.04. The van der Waals surface area contributed by atoms with Crippen molar-refractivity contribution < 1.29 is 8.42 Å². The van der Waals surface area contributed by atoms with Crippen molar-refractivity contribution in [1.82, 2.24) is 19.2 Å². The highest BCUT2D eigenvalue weighted by atomic mass is 35.5. The molecule has 3 aromatic rings. The molecular formula is C20H21ClN4O2S2. The molecule has 1 aliphatic rings. The normalized spacial score (nSPS) is 18.4. The fraction of sp³-hybridized carbons (Fsp3) is 0.300. The summed E-state index contributed by atoms with van der Waals surface area (Å²) in [5.74, 6) is 1.13. The molecule has 2 heterocycles. The largest absolute Gasteiger partial charge is 0.283 e. The van der Waals surface area contributed by atoms with Gasteiger partial charge in [-0.25, -0.2) is 13.1 Å². The number of para-hydroxylation sites is 1. The lowest BCUT2D eigenvalue weighted by molar-refractivity contribution is 0.196. The van der Waals surface area contributed by atoms with E-state index in [1.807, 2.05) is 71.1 Å². The summed E-state index contributed by atoms with van der Waals surface area (Å²) in [5, 5.41) is 5.43. The average molecular weight is 449 g/mol. The molecule has 29 heavy (non-hydrogen) atoms. The van der Waals surface area contributed by atoms with Crippen molar-refractivity contribution in [1.29, 1.82) is 0 Å². The van der Waals surface area contributed by atoms with Gasteiger partial charge >= 0.3 is 0 Å². The maximum Gasteiger partial charge on any atom is 0.204 e. The van der Waals surface area contributed by atoms with Crippen molar-refractivity contribution in [2.45, 2.75) is 19.1 Å². The monoisotopic (exact) mass is 448 g/mol. The number of hydrogen-bond acceptors (Lipinski definition) is 5. The smallest absolute Gasteiger partial charge is 0.204 e. The second-order valence-corrected chi connectivity index (χ2v) is 10.3. The van der Waals surface area contributed by atoms with Crippen molar-refractivity contribution in [2.75, 3.05) is 18.6 Å². The first-order valence-corrected chi connectivity index (χ1v) is 11.9. The second kappa shape index (κ2) is 8.02. The van der Waals surface area contributed by atoms with E-state index < -0.39 is 9.84 Å². The number of benzene rings is 2. The highest BCUT2D eigenvalue weighted by molar-refractivity contribution is 7.91. The summed E-state index contributed by atoms with van der Waals surface area (Å²) < 4.78 is 27.9. The van der Waals surface area contributed by atoms with E-state index >= 15 is 0 Å². The van der Waals surface area contributed by atoms with Crippen LogP contribution in [0.3, 0.4) is 0 Å². The van der Waals surface area contributed by atoms with Crippen LogP contribution in [0.4, 0.5) is 0 Å². The Morgan fingerprint density at radius 1 is 1.17 bits per heavy atom. The van der Waals surface area contributed by atoms with Crippen LogP contribution < -0.4 is 0 Å². The van der Waals surface area contributed by atoms with Gasteiger partial charge in [-0.3, -0.25) is 9.47 Å². The molecule has 1 aliphatic heterocycles. The topological polar surface area (TPSA) is 60.1 Å². The summed E-state index contributed by atoms with van der Waals surface area (Å²) in [6.45, 7) is 0.416. The molecule has 1 saturated heterocycles. The number of sulfone groups is 1. The molecule has 152 valence electrons. The van der Waals surface area contributed by atoms with Crippen molar-refractivity contribution >= 4 is 33.7 Å². The average Bonchev–Trinajstić information content (AvgIpc) is 3.23. The lowest BCUT2D eigenvalue weighted by Crippen LogP contribution is -2.34. The van der Waals surface area contributed by atoms with Crippen molar-refractivity contribution in [3.63, 3.8) is 0 Å². The molecule has 1 aromatic heterocycles. The number of halogens is 1. The maximum atomic E-state index is 11.8. The highest BCUT2D eigenvalue weighted by Crippen LogP contribution is 2.25. The molecule has 1 unspecified atom stereocenters. The van der Waals surface area contributed by atoms with Gasteiger partial charge in [-0.1, -0.05) is 29.8 Å². The van der Waals surface area contributed by atoms with Gasteiger partial charge in [0.05, 0.1) is 18.2 Å². The van der Waals surface area contributed by atoms with E-state index in [2.05, 4.69) is 0 Å². The Labute approximate surface area is 180 Å². The summed E-state index contributed by atoms with van der Waals surface area (Å²) in [6.07, 6.45) is 0.635. The van der Waals surface area contributed by atoms with Crippen LogP contribution in [-0.4, -0.2) is 52.3 Å². The first kappa shape index (κ1) is 20.3. The highest BCUT2D eigenvalue weighted by Gasteiger charge is 2.31. The van der Waals surface area contributed by atoms with Gasteiger partial charge in [-0.2, -0.15) is 0 Å². The molecule has 6 nitrogen and oxygen atoms in total. The number of nitrogens with zero attached hydrogens (tertiary/aromatic N) is 4. The van der Waals surface area contributed by atoms with E-state index in [0.29, 0.717) is 28.7 Å². The van der Waals surface area contributed by atoms with Gasteiger partial charge in [0.15, 0.2) is 15.7 Å². The predicted molar refractivity (Wildman–Crippen MR) is 118 cm³/mol. The summed E-state index contributed by atoms with van der Waals surface area (Å²) in [4.78, 5) is 2.01. The summed E-state index contributed by atoms with van der Waals surface area (Å²) >= 11 is 11.8. The number of rotatable bonds is 5. The Morgan fingerprint density at radius 3 is 2.48 bits per heavy atom. The van der Waals surface area contributed by atoms with Crippen LogP contribution in [0, 0.1) is 4.77 Å². The third-order valence-corrected chi connectivity index (χ3v) is 7.54. The van der Waals surface area contributed by atoms with Crippen molar-refractivity contribution in [3.8, 4) is 17.1 Å². The molecule has 0 N–H and O–H groups in total. The Morgan fingerprint density at radius 2 is 1.86 bits per heavy atom. The Balaban J connectivity index is 1.74. The molecule has 2 aromatic carbocycles. The van der Waals surface area contributed by atoms with Crippen LogP contribution >= 0.6 is 23.8 Å². The first-order chi connectivity index (χ1) is 13.8. The van der Waals surface area contributed by atoms with Gasteiger partial charge in [-0.05, 0) is 62.1 Å². The lowest BCUT2D eigenvalue weighted by Gasteiger charge is -2.22. The van der Waals surface area contributed by atoms with Gasteiger partial charge in [0.25, 0.3) is 0 Å². The Hall–Kier alpha value is -2.00. The number of hydrogen-bond donors (Lipinski definition) is 0. The third-order valence-electron chi connectivity index (χ3n) is 5.14. The van der Waals surface area contributed by atoms with E-state index in [1.165, 1.54) is 0 Å². The standard InChI is InChI=1S/C20H21ClN4O2S2/c1-23(18-11-12-29(26,27)13-18)14-24-20(28)25(17-5-3-2-4-6-17)19(22-24)15-7-9-16(21)10-8-15/h2-10,18H,11-14H2,1H3. The molecule has 1 fully saturated rings. The minimum Gasteiger partial charge on any atom is -0.283 e. The van der Waals surface area contributed by atoms with Crippen LogP contribution in [0.1, 0.15) is 6.42 Å². The minimum absolute atomic E-state index is 0.0252. The number of aromatic nitrogens is 3. The molecule has 0 saturated carbocycles. The lowest BCUT2D eigenvalue weighted by atomic mass is 10.2. The second-order valence-electron chi connectivity index (χ2n) is 7.24. The van der Waals surface area contributed by atoms with Crippen LogP contribution in [0.5, 0.6) is 0 Å². The van der Waals surface area contributed by atoms with Gasteiger partial charge in [0.1, 0.15) is 0 Å². The van der Waals surface area contributed by atoms with Crippen LogP contribution in [-0.2, 0) is 16.5 Å². The van der Waals surface area contributed by atoms with Crippen molar-refractivity contribution in [2.24, 2.45) is 0 Å². The molecule has 0 amide bonds. The van der Waals surface area contributed by atoms with E-state index in [9.17, 15) is 8.42 Å². The molecule has 0 bridgehead atoms. The Kier molecular flexibility index (Phi) is 5.61. The molecule has 4 rings (SSSR count). The van der Waals surface area contributed by atoms with Gasteiger partial charge in [0.2, 0.25) is 4.77 Å². The van der Waals surface area contributed by atoms with Crippen molar-refractivity contribution in [3.05, 3.63) is 64.4 Å². The Bertz CT molecular complexity index is 1170. The zero-order valence-corrected chi connectivity index (χ0v) is 18.3. The fourth-order valence-corrected chi connectivity index (χ4v) is 5.77. The third kappa shape index (κ3) is 4.30. The molecule has 0 aliphatic carbocycles. The maximum absolute atomic E-state index is 11.8. The van der Waals surface area contributed by atoms with E-state index in [1.54, 1.807) is 4.68 Å². The van der Waals surface area contributed by atoms with Gasteiger partial charge in [0, 0.05) is 22.3 Å². The molecule has 0 radical (unpaired) electrons. The van der Waals surface area contributed by atoms with E-state index in [0.717, 1.165) is 11.3 Å². The van der Waals surface area contributed by atoms with Crippen LogP contribution in [0.25, 0.3) is 17.1 Å². The quantitative estimate of drug-likeness (QED) is 0.555.